The first-order valence-corrected chi connectivity index (χ1v) is 5.25. The van der Waals surface area contributed by atoms with Crippen LogP contribution in [0, 0.1) is 11.7 Å². The van der Waals surface area contributed by atoms with Gasteiger partial charge in [-0.15, -0.1) is 0 Å². The molecule has 0 saturated heterocycles. The smallest absolute Gasteiger partial charge is 0.224 e. The van der Waals surface area contributed by atoms with E-state index in [0.29, 0.717) is 6.42 Å². The van der Waals surface area contributed by atoms with E-state index in [1.54, 1.807) is 0 Å². The van der Waals surface area contributed by atoms with E-state index >= 15 is 0 Å². The van der Waals surface area contributed by atoms with Crippen molar-refractivity contribution in [2.45, 2.75) is 20.3 Å². The number of nitrogens with one attached hydrogen (secondary N) is 1. The van der Waals surface area contributed by atoms with Crippen LogP contribution in [0.15, 0.2) is 12.1 Å². The van der Waals surface area contributed by atoms with Crippen molar-refractivity contribution in [3.05, 3.63) is 23.0 Å². The van der Waals surface area contributed by atoms with Gasteiger partial charge >= 0.3 is 0 Å². The maximum atomic E-state index is 13.3. The van der Waals surface area contributed by atoms with Gasteiger partial charge in [0.15, 0.2) is 0 Å². The summed E-state index contributed by atoms with van der Waals surface area (Å²) in [7, 11) is 0. The van der Waals surface area contributed by atoms with Crippen molar-refractivity contribution in [1.82, 2.24) is 0 Å². The number of benzene rings is 1. The van der Waals surface area contributed by atoms with E-state index < -0.39 is 5.82 Å². The SMILES string of the molecule is CC(C)CC(=O)Nc1cc(Cl)c(O)cc1F. The number of hydrogen-bond donors (Lipinski definition) is 2. The van der Waals surface area contributed by atoms with Crippen molar-refractivity contribution < 1.29 is 14.3 Å². The average Bonchev–Trinajstić information content (AvgIpc) is 2.12. The fraction of sp³-hybridized carbons (Fsp3) is 0.364. The molecule has 0 aliphatic rings. The van der Waals surface area contributed by atoms with Crippen molar-refractivity contribution in [3.8, 4) is 5.75 Å². The van der Waals surface area contributed by atoms with Crippen molar-refractivity contribution in [1.29, 1.82) is 0 Å². The summed E-state index contributed by atoms with van der Waals surface area (Å²) in [5, 5.41) is 11.5. The van der Waals surface area contributed by atoms with Crippen molar-refractivity contribution in [2.24, 2.45) is 5.92 Å². The Morgan fingerprint density at radius 2 is 2.19 bits per heavy atom. The summed E-state index contributed by atoms with van der Waals surface area (Å²) in [6, 6.07) is 2.05. The van der Waals surface area contributed by atoms with Crippen LogP contribution >= 0.6 is 11.6 Å². The van der Waals surface area contributed by atoms with Gasteiger partial charge in [0.2, 0.25) is 5.91 Å². The number of phenolic OH excluding ortho intramolecular Hbond substituents is 1. The molecule has 1 amide bonds. The highest BCUT2D eigenvalue weighted by molar-refractivity contribution is 6.32. The molecule has 0 unspecified atom stereocenters. The number of aromatic hydroxyl groups is 1. The minimum Gasteiger partial charge on any atom is -0.506 e. The molecule has 0 aliphatic heterocycles. The summed E-state index contributed by atoms with van der Waals surface area (Å²) in [4.78, 5) is 11.4. The molecule has 0 aliphatic carbocycles. The molecule has 1 aromatic rings. The van der Waals surface area contributed by atoms with Gasteiger partial charge in [-0.25, -0.2) is 4.39 Å². The predicted octanol–water partition coefficient (Wildman–Crippen LogP) is 3.17. The number of rotatable bonds is 3. The Kier molecular flexibility index (Phi) is 4.12. The Morgan fingerprint density at radius 3 is 2.75 bits per heavy atom. The molecule has 0 saturated carbocycles. The van der Waals surface area contributed by atoms with Crippen LogP contribution in [-0.4, -0.2) is 11.0 Å². The number of phenols is 1. The highest BCUT2D eigenvalue weighted by Gasteiger charge is 2.11. The summed E-state index contributed by atoms with van der Waals surface area (Å²) in [5.41, 5.74) is -0.0200. The number of amides is 1. The summed E-state index contributed by atoms with van der Waals surface area (Å²) in [6.07, 6.45) is 0.304. The first-order valence-electron chi connectivity index (χ1n) is 4.88. The number of carbonyl (C=O) groups excluding carboxylic acids is 1. The van der Waals surface area contributed by atoms with Crippen LogP contribution in [-0.2, 0) is 4.79 Å². The second-order valence-electron chi connectivity index (χ2n) is 3.93. The molecule has 0 bridgehead atoms. The number of halogens is 2. The van der Waals surface area contributed by atoms with Gasteiger partial charge in [0.05, 0.1) is 10.7 Å². The predicted molar refractivity (Wildman–Crippen MR) is 61.2 cm³/mol. The maximum absolute atomic E-state index is 13.3. The van der Waals surface area contributed by atoms with E-state index in [0.717, 1.165) is 6.07 Å². The van der Waals surface area contributed by atoms with Crippen LogP contribution in [0.5, 0.6) is 5.75 Å². The lowest BCUT2D eigenvalue weighted by molar-refractivity contribution is -0.116. The van der Waals surface area contributed by atoms with Crippen LogP contribution in [0.1, 0.15) is 20.3 Å². The normalized spacial score (nSPS) is 10.6. The molecule has 0 heterocycles. The zero-order valence-corrected chi connectivity index (χ0v) is 9.81. The Balaban J connectivity index is 2.81. The molecular formula is C11H13ClFNO2. The van der Waals surface area contributed by atoms with Gasteiger partial charge in [0, 0.05) is 12.5 Å². The molecule has 0 aromatic heterocycles. The summed E-state index contributed by atoms with van der Waals surface area (Å²) in [5.74, 6) is -1.15. The Morgan fingerprint density at radius 1 is 1.56 bits per heavy atom. The van der Waals surface area contributed by atoms with Crippen LogP contribution in [0.4, 0.5) is 10.1 Å². The molecule has 3 nitrogen and oxygen atoms in total. The highest BCUT2D eigenvalue weighted by atomic mass is 35.5. The molecule has 0 fully saturated rings. The van der Waals surface area contributed by atoms with Gasteiger partial charge in [0.25, 0.3) is 0 Å². The molecule has 88 valence electrons. The molecule has 5 heteroatoms. The standard InChI is InChI=1S/C11H13ClFNO2/c1-6(2)3-11(16)14-9-4-7(12)10(15)5-8(9)13/h4-6,15H,3H2,1-2H3,(H,14,16). The average molecular weight is 246 g/mol. The lowest BCUT2D eigenvalue weighted by atomic mass is 10.1. The van der Waals surface area contributed by atoms with Gasteiger partial charge in [0.1, 0.15) is 11.6 Å². The topological polar surface area (TPSA) is 49.3 Å². The second-order valence-corrected chi connectivity index (χ2v) is 4.34. The molecule has 0 atom stereocenters. The van der Waals surface area contributed by atoms with E-state index in [4.69, 9.17) is 16.7 Å². The summed E-state index contributed by atoms with van der Waals surface area (Å²) < 4.78 is 13.3. The number of carbonyl (C=O) groups is 1. The Hall–Kier alpha value is -1.29. The van der Waals surface area contributed by atoms with Crippen LogP contribution in [0.25, 0.3) is 0 Å². The molecule has 0 spiro atoms. The third kappa shape index (κ3) is 3.38. The quantitative estimate of drug-likeness (QED) is 0.804. The van der Waals surface area contributed by atoms with E-state index in [9.17, 15) is 9.18 Å². The Labute approximate surface area is 98.2 Å². The van der Waals surface area contributed by atoms with Crippen molar-refractivity contribution in [2.75, 3.05) is 5.32 Å². The molecule has 0 radical (unpaired) electrons. The van der Waals surface area contributed by atoms with E-state index in [1.807, 2.05) is 13.8 Å². The van der Waals surface area contributed by atoms with Gasteiger partial charge in [-0.1, -0.05) is 25.4 Å². The van der Waals surface area contributed by atoms with Crippen molar-refractivity contribution in [3.63, 3.8) is 0 Å². The molecule has 1 rings (SSSR count). The highest BCUT2D eigenvalue weighted by Crippen LogP contribution is 2.29. The molecule has 2 N–H and O–H groups in total. The largest absolute Gasteiger partial charge is 0.506 e. The maximum Gasteiger partial charge on any atom is 0.224 e. The summed E-state index contributed by atoms with van der Waals surface area (Å²) >= 11 is 5.61. The van der Waals surface area contributed by atoms with E-state index in [1.165, 1.54) is 6.07 Å². The minimum atomic E-state index is -0.709. The van der Waals surface area contributed by atoms with Gasteiger partial charge in [-0.2, -0.15) is 0 Å². The zero-order valence-electron chi connectivity index (χ0n) is 9.05. The monoisotopic (exact) mass is 245 g/mol. The Bertz CT molecular complexity index is 407. The third-order valence-electron chi connectivity index (χ3n) is 1.90. The van der Waals surface area contributed by atoms with Crippen LogP contribution < -0.4 is 5.32 Å². The van der Waals surface area contributed by atoms with Crippen LogP contribution in [0.3, 0.4) is 0 Å². The van der Waals surface area contributed by atoms with Crippen LogP contribution in [0.2, 0.25) is 5.02 Å². The van der Waals surface area contributed by atoms with Gasteiger partial charge < -0.3 is 10.4 Å². The molecule has 16 heavy (non-hydrogen) atoms. The number of hydrogen-bond acceptors (Lipinski definition) is 2. The van der Waals surface area contributed by atoms with E-state index in [2.05, 4.69) is 5.32 Å². The molecular weight excluding hydrogens is 233 g/mol. The first kappa shape index (κ1) is 12.8. The second kappa shape index (κ2) is 5.16. The minimum absolute atomic E-state index is 0.00115. The van der Waals surface area contributed by atoms with Gasteiger partial charge in [-0.05, 0) is 12.0 Å². The lowest BCUT2D eigenvalue weighted by Gasteiger charge is -2.09. The van der Waals surface area contributed by atoms with Crippen molar-refractivity contribution >= 4 is 23.2 Å². The lowest BCUT2D eigenvalue weighted by Crippen LogP contribution is -2.14. The summed E-state index contributed by atoms with van der Waals surface area (Å²) in [6.45, 7) is 3.78. The van der Waals surface area contributed by atoms with Gasteiger partial charge in [-0.3, -0.25) is 4.79 Å². The zero-order chi connectivity index (χ0) is 12.3. The fourth-order valence-electron chi connectivity index (χ4n) is 1.20. The first-order chi connectivity index (χ1) is 7.40. The third-order valence-corrected chi connectivity index (χ3v) is 2.21. The van der Waals surface area contributed by atoms with E-state index in [-0.39, 0.29) is 28.3 Å². The fourth-order valence-corrected chi connectivity index (χ4v) is 1.37. The number of anilines is 1. The molecule has 1 aromatic carbocycles.